The molecule has 0 aliphatic carbocycles. The molecular weight excluding hydrogens is 274 g/mol. The molecule has 0 aromatic rings. The summed E-state index contributed by atoms with van der Waals surface area (Å²) in [6, 6.07) is 0.863. The molecule has 0 aromatic carbocycles. The standard InChI is InChI=1S/C14H29N3O2S/c1-12(2)17-8-5-6-13(17)10-16-9-7-15-11-14(3,4)20(16,18)19/h12-13,15H,5-11H2,1-4H3. The van der Waals surface area contributed by atoms with Crippen LogP contribution in [0.5, 0.6) is 0 Å². The summed E-state index contributed by atoms with van der Waals surface area (Å²) in [5.74, 6) is 0. The second-order valence-electron chi connectivity index (χ2n) is 6.93. The fraction of sp³-hybridized carbons (Fsp3) is 1.00. The van der Waals surface area contributed by atoms with Crippen molar-refractivity contribution in [3.63, 3.8) is 0 Å². The first-order valence-electron chi connectivity index (χ1n) is 7.72. The zero-order valence-electron chi connectivity index (χ0n) is 13.2. The van der Waals surface area contributed by atoms with Crippen molar-refractivity contribution < 1.29 is 8.42 Å². The van der Waals surface area contributed by atoms with Gasteiger partial charge in [0.05, 0.1) is 4.75 Å². The van der Waals surface area contributed by atoms with Crippen molar-refractivity contribution in [3.05, 3.63) is 0 Å². The predicted molar refractivity (Wildman–Crippen MR) is 82.3 cm³/mol. The number of nitrogens with one attached hydrogen (secondary N) is 1. The number of likely N-dealkylation sites (tertiary alicyclic amines) is 1. The Bertz CT molecular complexity index is 434. The van der Waals surface area contributed by atoms with Crippen LogP contribution >= 0.6 is 0 Å². The molecule has 6 heteroatoms. The molecule has 2 aliphatic rings. The van der Waals surface area contributed by atoms with Crippen LogP contribution in [0.3, 0.4) is 0 Å². The Balaban J connectivity index is 2.15. The number of sulfonamides is 1. The highest BCUT2D eigenvalue weighted by Crippen LogP contribution is 2.26. The van der Waals surface area contributed by atoms with E-state index in [1.807, 2.05) is 13.8 Å². The lowest BCUT2D eigenvalue weighted by Crippen LogP contribution is -2.50. The summed E-state index contributed by atoms with van der Waals surface area (Å²) in [6.45, 7) is 11.6. The van der Waals surface area contributed by atoms with Crippen LogP contribution in [0.25, 0.3) is 0 Å². The lowest BCUT2D eigenvalue weighted by molar-refractivity contribution is 0.179. The summed E-state index contributed by atoms with van der Waals surface area (Å²) in [4.78, 5) is 2.45. The molecule has 2 rings (SSSR count). The molecule has 2 saturated heterocycles. The van der Waals surface area contributed by atoms with Gasteiger partial charge in [-0.05, 0) is 47.1 Å². The van der Waals surface area contributed by atoms with Gasteiger partial charge in [0.25, 0.3) is 0 Å². The third-order valence-corrected chi connectivity index (χ3v) is 7.18. The van der Waals surface area contributed by atoms with Gasteiger partial charge in [-0.1, -0.05) is 0 Å². The van der Waals surface area contributed by atoms with Crippen molar-refractivity contribution in [1.82, 2.24) is 14.5 Å². The van der Waals surface area contributed by atoms with Gasteiger partial charge in [-0.15, -0.1) is 0 Å². The van der Waals surface area contributed by atoms with E-state index in [9.17, 15) is 8.42 Å². The van der Waals surface area contributed by atoms with Crippen molar-refractivity contribution in [3.8, 4) is 0 Å². The topological polar surface area (TPSA) is 52.6 Å². The molecule has 1 N–H and O–H groups in total. The maximum Gasteiger partial charge on any atom is 0.220 e. The van der Waals surface area contributed by atoms with Crippen LogP contribution in [0.15, 0.2) is 0 Å². The number of nitrogens with zero attached hydrogens (tertiary/aromatic N) is 2. The monoisotopic (exact) mass is 303 g/mol. The van der Waals surface area contributed by atoms with Gasteiger partial charge in [-0.25, -0.2) is 8.42 Å². The summed E-state index contributed by atoms with van der Waals surface area (Å²) in [7, 11) is -3.23. The van der Waals surface area contributed by atoms with Crippen LogP contribution in [0.1, 0.15) is 40.5 Å². The molecule has 0 bridgehead atoms. The highest BCUT2D eigenvalue weighted by molar-refractivity contribution is 7.90. The first-order chi connectivity index (χ1) is 9.25. The van der Waals surface area contributed by atoms with Gasteiger partial charge in [0.2, 0.25) is 10.0 Å². The fourth-order valence-electron chi connectivity index (χ4n) is 3.31. The van der Waals surface area contributed by atoms with E-state index in [2.05, 4.69) is 24.1 Å². The Morgan fingerprint density at radius 1 is 1.30 bits per heavy atom. The predicted octanol–water partition coefficient (Wildman–Crippen LogP) is 0.873. The first-order valence-corrected chi connectivity index (χ1v) is 9.16. The maximum absolute atomic E-state index is 12.8. The molecule has 20 heavy (non-hydrogen) atoms. The van der Waals surface area contributed by atoms with Crippen LogP contribution in [0.2, 0.25) is 0 Å². The van der Waals surface area contributed by atoms with Crippen molar-refractivity contribution >= 4 is 10.0 Å². The van der Waals surface area contributed by atoms with Gasteiger partial charge in [0.1, 0.15) is 0 Å². The van der Waals surface area contributed by atoms with E-state index in [1.165, 1.54) is 6.42 Å². The Morgan fingerprint density at radius 2 is 2.00 bits per heavy atom. The molecule has 2 heterocycles. The minimum atomic E-state index is -3.23. The summed E-state index contributed by atoms with van der Waals surface area (Å²) < 4.78 is 26.6. The third-order valence-electron chi connectivity index (χ3n) is 4.63. The van der Waals surface area contributed by atoms with Crippen molar-refractivity contribution in [1.29, 1.82) is 0 Å². The molecule has 1 atom stereocenters. The lowest BCUT2D eigenvalue weighted by atomic mass is 10.2. The van der Waals surface area contributed by atoms with Gasteiger partial charge in [0.15, 0.2) is 0 Å². The summed E-state index contributed by atoms with van der Waals surface area (Å²) in [5, 5.41) is 3.25. The van der Waals surface area contributed by atoms with Crippen LogP contribution in [0, 0.1) is 0 Å². The zero-order chi connectivity index (χ0) is 15.0. The normalized spacial score (nSPS) is 31.6. The number of hydrogen-bond donors (Lipinski definition) is 1. The van der Waals surface area contributed by atoms with Crippen LogP contribution in [0.4, 0.5) is 0 Å². The molecule has 2 aliphatic heterocycles. The molecule has 1 unspecified atom stereocenters. The van der Waals surface area contributed by atoms with Gasteiger partial charge in [-0.2, -0.15) is 4.31 Å². The fourth-order valence-corrected chi connectivity index (χ4v) is 5.00. The minimum Gasteiger partial charge on any atom is -0.314 e. The Morgan fingerprint density at radius 3 is 2.65 bits per heavy atom. The molecule has 0 spiro atoms. The Hall–Kier alpha value is -0.170. The van der Waals surface area contributed by atoms with Gasteiger partial charge in [0, 0.05) is 38.3 Å². The number of rotatable bonds is 3. The molecule has 0 aromatic heterocycles. The van der Waals surface area contributed by atoms with Crippen LogP contribution in [-0.4, -0.2) is 67.2 Å². The van der Waals surface area contributed by atoms with Crippen molar-refractivity contribution in [2.45, 2.75) is 57.4 Å². The lowest BCUT2D eigenvalue weighted by Gasteiger charge is -2.34. The van der Waals surface area contributed by atoms with E-state index in [0.29, 0.717) is 31.7 Å². The van der Waals surface area contributed by atoms with E-state index in [4.69, 9.17) is 0 Å². The number of hydrogen-bond acceptors (Lipinski definition) is 4. The van der Waals surface area contributed by atoms with Gasteiger partial charge >= 0.3 is 0 Å². The van der Waals surface area contributed by atoms with Crippen molar-refractivity contribution in [2.24, 2.45) is 0 Å². The quantitative estimate of drug-likeness (QED) is 0.841. The highest BCUT2D eigenvalue weighted by atomic mass is 32.2. The van der Waals surface area contributed by atoms with Crippen LogP contribution < -0.4 is 5.32 Å². The SMILES string of the molecule is CC(C)N1CCCC1CN1CCNCC(C)(C)S1(=O)=O. The molecule has 0 radical (unpaired) electrons. The molecular formula is C14H29N3O2S. The Labute approximate surface area is 123 Å². The van der Waals surface area contributed by atoms with Crippen LogP contribution in [-0.2, 0) is 10.0 Å². The average molecular weight is 303 g/mol. The summed E-state index contributed by atoms with van der Waals surface area (Å²) in [5.41, 5.74) is 0. The molecule has 118 valence electrons. The Kier molecular flexibility index (Phi) is 4.79. The minimum absolute atomic E-state index is 0.374. The van der Waals surface area contributed by atoms with Gasteiger partial charge < -0.3 is 5.32 Å². The van der Waals surface area contributed by atoms with E-state index >= 15 is 0 Å². The van der Waals surface area contributed by atoms with E-state index in [1.54, 1.807) is 4.31 Å². The first kappa shape index (κ1) is 16.2. The van der Waals surface area contributed by atoms with E-state index in [0.717, 1.165) is 19.5 Å². The second kappa shape index (κ2) is 5.91. The molecule has 5 nitrogen and oxygen atoms in total. The average Bonchev–Trinajstić information content (AvgIpc) is 2.77. The van der Waals surface area contributed by atoms with Gasteiger partial charge in [-0.3, -0.25) is 4.90 Å². The molecule has 2 fully saturated rings. The van der Waals surface area contributed by atoms with E-state index in [-0.39, 0.29) is 0 Å². The second-order valence-corrected chi connectivity index (χ2v) is 9.50. The summed E-state index contributed by atoms with van der Waals surface area (Å²) >= 11 is 0. The maximum atomic E-state index is 12.8. The van der Waals surface area contributed by atoms with E-state index < -0.39 is 14.8 Å². The molecule has 0 amide bonds. The highest BCUT2D eigenvalue weighted by Gasteiger charge is 2.42. The summed E-state index contributed by atoms with van der Waals surface area (Å²) in [6.07, 6.45) is 2.29. The molecule has 0 saturated carbocycles. The smallest absolute Gasteiger partial charge is 0.220 e. The van der Waals surface area contributed by atoms with Crippen molar-refractivity contribution in [2.75, 3.05) is 32.7 Å². The largest absolute Gasteiger partial charge is 0.314 e. The third kappa shape index (κ3) is 3.03. The zero-order valence-corrected chi connectivity index (χ0v) is 14.0.